The molecule has 1 heterocycles. The molecule has 1 rings (SSSR count). The lowest BCUT2D eigenvalue weighted by Gasteiger charge is -2.16. The van der Waals surface area contributed by atoms with Crippen LogP contribution in [0.15, 0.2) is 0 Å². The van der Waals surface area contributed by atoms with Crippen molar-refractivity contribution in [2.45, 2.75) is 31.5 Å². The van der Waals surface area contributed by atoms with E-state index in [1.807, 2.05) is 7.85 Å². The molecule has 0 aromatic rings. The Balaban J connectivity index is 2.49. The number of rotatable bonds is 2. The van der Waals surface area contributed by atoms with Crippen LogP contribution in [0.4, 0.5) is 0 Å². The van der Waals surface area contributed by atoms with E-state index in [0.717, 1.165) is 0 Å². The highest BCUT2D eigenvalue weighted by molar-refractivity contribution is 7.49. The van der Waals surface area contributed by atoms with E-state index < -0.39 is 7.75 Å². The standard InChI is InChI=1S/C5H13BNO4P/c1-3-4(2-5(6)11-3)7-12(8,9)10/h3-5H,2,6H2,1H3,(H3,7,8,9,10)/t3?,4-,5-/m1/s1. The van der Waals surface area contributed by atoms with Crippen LogP contribution in [0, 0.1) is 0 Å². The van der Waals surface area contributed by atoms with Crippen LogP contribution in [0.1, 0.15) is 13.3 Å². The van der Waals surface area contributed by atoms with E-state index >= 15 is 0 Å². The van der Waals surface area contributed by atoms with Gasteiger partial charge < -0.3 is 14.5 Å². The minimum absolute atomic E-state index is 0.0732. The molecule has 1 saturated heterocycles. The molecule has 7 heteroatoms. The largest absolute Gasteiger partial charge is 0.400 e. The van der Waals surface area contributed by atoms with Crippen molar-refractivity contribution >= 4 is 15.6 Å². The molecule has 12 heavy (non-hydrogen) atoms. The number of hydrogen-bond donors (Lipinski definition) is 3. The molecule has 70 valence electrons. The van der Waals surface area contributed by atoms with Crippen molar-refractivity contribution in [1.29, 1.82) is 0 Å². The Bertz CT molecular complexity index is 208. The molecule has 0 radical (unpaired) electrons. The number of nitrogens with one attached hydrogen (secondary N) is 1. The summed E-state index contributed by atoms with van der Waals surface area (Å²) >= 11 is 0. The molecule has 0 spiro atoms. The van der Waals surface area contributed by atoms with Gasteiger partial charge in [0.15, 0.2) is 0 Å². The van der Waals surface area contributed by atoms with E-state index in [4.69, 9.17) is 14.5 Å². The maximum atomic E-state index is 10.6. The van der Waals surface area contributed by atoms with Crippen LogP contribution in [0.2, 0.25) is 0 Å². The summed E-state index contributed by atoms with van der Waals surface area (Å²) in [6.45, 7) is 1.80. The van der Waals surface area contributed by atoms with Crippen LogP contribution in [0.25, 0.3) is 0 Å². The molecule has 1 unspecified atom stereocenters. The Labute approximate surface area is 72.1 Å². The summed E-state index contributed by atoms with van der Waals surface area (Å²) < 4.78 is 15.9. The van der Waals surface area contributed by atoms with Crippen LogP contribution in [-0.2, 0) is 9.30 Å². The molecular weight excluding hydrogens is 180 g/mol. The van der Waals surface area contributed by atoms with Crippen molar-refractivity contribution in [1.82, 2.24) is 5.09 Å². The lowest BCUT2D eigenvalue weighted by molar-refractivity contribution is 0.0933. The fourth-order valence-corrected chi connectivity index (χ4v) is 2.19. The molecule has 3 atom stereocenters. The summed E-state index contributed by atoms with van der Waals surface area (Å²) in [4.78, 5) is 17.3. The quantitative estimate of drug-likeness (QED) is 0.379. The van der Waals surface area contributed by atoms with Gasteiger partial charge in [0.05, 0.1) is 6.10 Å². The van der Waals surface area contributed by atoms with Gasteiger partial charge in [-0.3, -0.25) is 0 Å². The topological polar surface area (TPSA) is 78.8 Å². The van der Waals surface area contributed by atoms with E-state index in [0.29, 0.717) is 6.42 Å². The first-order chi connectivity index (χ1) is 5.38. The first-order valence-corrected chi connectivity index (χ1v) is 5.48. The third-order valence-corrected chi connectivity index (χ3v) is 2.60. The molecule has 0 bridgehead atoms. The molecule has 1 aliphatic heterocycles. The van der Waals surface area contributed by atoms with E-state index in [1.54, 1.807) is 6.92 Å². The van der Waals surface area contributed by atoms with Gasteiger partial charge in [0.2, 0.25) is 0 Å². The maximum Gasteiger partial charge on any atom is 0.400 e. The predicted molar refractivity (Wildman–Crippen MR) is 46.5 cm³/mol. The monoisotopic (exact) mass is 193 g/mol. The van der Waals surface area contributed by atoms with Gasteiger partial charge in [0, 0.05) is 12.0 Å². The van der Waals surface area contributed by atoms with E-state index in [2.05, 4.69) is 5.09 Å². The van der Waals surface area contributed by atoms with Crippen molar-refractivity contribution < 1.29 is 19.1 Å². The molecular formula is C5H13BNO4P. The van der Waals surface area contributed by atoms with Crippen LogP contribution < -0.4 is 5.09 Å². The zero-order chi connectivity index (χ0) is 9.35. The normalized spacial score (nSPS) is 37.1. The predicted octanol–water partition coefficient (Wildman–Crippen LogP) is -1.19. The average Bonchev–Trinajstić information content (AvgIpc) is 2.06. The van der Waals surface area contributed by atoms with Crippen molar-refractivity contribution in [3.8, 4) is 0 Å². The third-order valence-electron chi connectivity index (χ3n) is 1.93. The Morgan fingerprint density at radius 2 is 2.25 bits per heavy atom. The summed E-state index contributed by atoms with van der Waals surface area (Å²) in [6, 6.07) is -0.162. The van der Waals surface area contributed by atoms with Crippen molar-refractivity contribution in [2.24, 2.45) is 0 Å². The molecule has 0 amide bonds. The second-order valence-corrected chi connectivity index (χ2v) is 4.51. The van der Waals surface area contributed by atoms with Crippen molar-refractivity contribution in [3.63, 3.8) is 0 Å². The Morgan fingerprint density at radius 1 is 1.67 bits per heavy atom. The highest BCUT2D eigenvalue weighted by Gasteiger charge is 2.33. The van der Waals surface area contributed by atoms with Crippen LogP contribution >= 0.6 is 7.75 Å². The summed E-state index contributed by atoms with van der Waals surface area (Å²) in [5.41, 5.74) is 0. The molecule has 1 fully saturated rings. The van der Waals surface area contributed by atoms with E-state index in [9.17, 15) is 4.57 Å². The molecule has 0 saturated carbocycles. The summed E-state index contributed by atoms with van der Waals surface area (Å²) in [5.74, 6) is 0. The van der Waals surface area contributed by atoms with E-state index in [-0.39, 0.29) is 18.1 Å². The molecule has 3 N–H and O–H groups in total. The van der Waals surface area contributed by atoms with Crippen LogP contribution in [0.5, 0.6) is 0 Å². The SMILES string of the molecule is B[C@H]1C[C@@H](NP(=O)(O)O)C(C)O1. The Kier molecular flexibility index (Phi) is 2.96. The smallest absolute Gasteiger partial charge is 0.383 e. The van der Waals surface area contributed by atoms with Gasteiger partial charge in [0.1, 0.15) is 7.85 Å². The highest BCUT2D eigenvalue weighted by atomic mass is 31.2. The Morgan fingerprint density at radius 3 is 2.58 bits per heavy atom. The zero-order valence-electron chi connectivity index (χ0n) is 7.10. The first kappa shape index (κ1) is 10.2. The zero-order valence-corrected chi connectivity index (χ0v) is 7.99. The summed E-state index contributed by atoms with van der Waals surface area (Å²) in [7, 11) is -2.22. The fourth-order valence-electron chi connectivity index (χ4n) is 1.44. The van der Waals surface area contributed by atoms with Crippen molar-refractivity contribution in [2.75, 3.05) is 0 Å². The fraction of sp³-hybridized carbons (Fsp3) is 1.00. The average molecular weight is 193 g/mol. The van der Waals surface area contributed by atoms with Gasteiger partial charge in [-0.25, -0.2) is 9.65 Å². The third kappa shape index (κ3) is 2.88. The highest BCUT2D eigenvalue weighted by Crippen LogP contribution is 2.33. The molecule has 0 aromatic heterocycles. The second-order valence-electron chi connectivity index (χ2n) is 3.17. The Hall–Kier alpha value is 0.135. The van der Waals surface area contributed by atoms with Crippen molar-refractivity contribution in [3.05, 3.63) is 0 Å². The molecule has 1 aliphatic rings. The summed E-state index contributed by atoms with van der Waals surface area (Å²) in [6.07, 6.45) is 0.513. The lowest BCUT2D eigenvalue weighted by atomic mass is 9.95. The lowest BCUT2D eigenvalue weighted by Crippen LogP contribution is -2.32. The maximum absolute atomic E-state index is 10.6. The van der Waals surface area contributed by atoms with Crippen LogP contribution in [0.3, 0.4) is 0 Å². The first-order valence-electron chi connectivity index (χ1n) is 3.87. The van der Waals surface area contributed by atoms with Gasteiger partial charge in [-0.05, 0) is 13.3 Å². The van der Waals surface area contributed by atoms with Crippen LogP contribution in [-0.4, -0.2) is 35.8 Å². The second kappa shape index (κ2) is 3.48. The minimum atomic E-state index is -4.11. The van der Waals surface area contributed by atoms with Gasteiger partial charge in [-0.2, -0.15) is 0 Å². The van der Waals surface area contributed by atoms with Gasteiger partial charge in [-0.15, -0.1) is 0 Å². The molecule has 0 aromatic carbocycles. The van der Waals surface area contributed by atoms with Gasteiger partial charge in [-0.1, -0.05) is 0 Å². The van der Waals surface area contributed by atoms with Gasteiger partial charge >= 0.3 is 7.75 Å². The summed E-state index contributed by atoms with van der Waals surface area (Å²) in [5, 5.41) is 2.24. The minimum Gasteiger partial charge on any atom is -0.383 e. The van der Waals surface area contributed by atoms with Gasteiger partial charge in [0.25, 0.3) is 0 Å². The van der Waals surface area contributed by atoms with E-state index in [1.165, 1.54) is 0 Å². The molecule has 5 nitrogen and oxygen atoms in total. The number of hydrogen-bond acceptors (Lipinski definition) is 2. The molecule has 0 aliphatic carbocycles. The number of ether oxygens (including phenoxy) is 1.